The van der Waals surface area contributed by atoms with E-state index in [0.29, 0.717) is 31.6 Å². The Morgan fingerprint density at radius 2 is 1.74 bits per heavy atom. The lowest BCUT2D eigenvalue weighted by molar-refractivity contribution is 0.102. The van der Waals surface area contributed by atoms with E-state index in [0.717, 1.165) is 22.9 Å². The zero-order valence-electron chi connectivity index (χ0n) is 18.5. The highest BCUT2D eigenvalue weighted by Gasteiger charge is 2.31. The second kappa shape index (κ2) is 9.41. The molecule has 0 unspecified atom stereocenters. The number of H-pyrrole nitrogens is 1. The summed E-state index contributed by atoms with van der Waals surface area (Å²) in [6.07, 6.45) is 1.33. The number of fused-ring (bicyclic) bond motifs is 1. The molecule has 4 aromatic rings. The minimum absolute atomic E-state index is 0.00671. The van der Waals surface area contributed by atoms with Crippen LogP contribution < -0.4 is 5.32 Å². The van der Waals surface area contributed by atoms with Crippen LogP contribution in [0.3, 0.4) is 0 Å². The van der Waals surface area contributed by atoms with Crippen molar-refractivity contribution >= 4 is 44.3 Å². The molecule has 1 saturated heterocycles. The molecule has 0 spiro atoms. The predicted molar refractivity (Wildman–Crippen MR) is 133 cm³/mol. The highest BCUT2D eigenvalue weighted by atomic mass is 35.5. The average Bonchev–Trinajstić information content (AvgIpc) is 3.29. The number of anilines is 1. The first-order chi connectivity index (χ1) is 16.8. The maximum atomic E-state index is 14.0. The number of piperidine rings is 1. The van der Waals surface area contributed by atoms with Gasteiger partial charge >= 0.3 is 0 Å². The van der Waals surface area contributed by atoms with Crippen LogP contribution in [0.25, 0.3) is 11.0 Å². The molecule has 1 fully saturated rings. The Hall–Kier alpha value is -3.27. The Bertz CT molecular complexity index is 1440. The largest absolute Gasteiger partial charge is 0.342 e. The molecule has 0 radical (unpaired) electrons. The molecule has 35 heavy (non-hydrogen) atoms. The number of rotatable bonds is 5. The van der Waals surface area contributed by atoms with E-state index in [9.17, 15) is 17.6 Å². The summed E-state index contributed by atoms with van der Waals surface area (Å²) in [6, 6.07) is 17.6. The first-order valence-corrected chi connectivity index (χ1v) is 12.9. The molecule has 180 valence electrons. The summed E-state index contributed by atoms with van der Waals surface area (Å²) in [5.41, 5.74) is 1.94. The van der Waals surface area contributed by atoms with Gasteiger partial charge in [-0.3, -0.25) is 4.79 Å². The van der Waals surface area contributed by atoms with Gasteiger partial charge in [0.15, 0.2) is 0 Å². The van der Waals surface area contributed by atoms with Crippen molar-refractivity contribution in [2.24, 2.45) is 0 Å². The fraction of sp³-hybridized carbons (Fsp3) is 0.200. The number of aromatic nitrogens is 2. The summed E-state index contributed by atoms with van der Waals surface area (Å²) in [4.78, 5) is 20.6. The summed E-state index contributed by atoms with van der Waals surface area (Å²) in [6.45, 7) is 0.766. The van der Waals surface area contributed by atoms with E-state index in [4.69, 9.17) is 11.6 Å². The number of hydrogen-bond donors (Lipinski definition) is 2. The van der Waals surface area contributed by atoms with Crippen molar-refractivity contribution in [3.63, 3.8) is 0 Å². The topological polar surface area (TPSA) is 95.2 Å². The summed E-state index contributed by atoms with van der Waals surface area (Å²) in [5.74, 6) is -0.397. The first-order valence-electron chi connectivity index (χ1n) is 11.1. The number of halogens is 2. The molecule has 1 amide bonds. The SMILES string of the molecule is O=C(Nc1ccc(S(=O)(=O)N2CCC(c3nc4ccccc4[nH]3)CC2)cc1)c1c(F)cccc1Cl. The van der Waals surface area contributed by atoms with Gasteiger partial charge in [0.05, 0.1) is 26.5 Å². The van der Waals surface area contributed by atoms with Crippen LogP contribution in [0.4, 0.5) is 10.1 Å². The van der Waals surface area contributed by atoms with Crippen molar-refractivity contribution < 1.29 is 17.6 Å². The summed E-state index contributed by atoms with van der Waals surface area (Å²) >= 11 is 5.94. The van der Waals surface area contributed by atoms with Gasteiger partial charge in [-0.15, -0.1) is 0 Å². The molecule has 2 N–H and O–H groups in total. The molecule has 1 aromatic heterocycles. The van der Waals surface area contributed by atoms with Gasteiger partial charge in [0.1, 0.15) is 11.6 Å². The van der Waals surface area contributed by atoms with Crippen LogP contribution in [-0.4, -0.2) is 41.7 Å². The highest BCUT2D eigenvalue weighted by molar-refractivity contribution is 7.89. The van der Waals surface area contributed by atoms with Crippen LogP contribution in [0.15, 0.2) is 71.6 Å². The molecule has 0 bridgehead atoms. The maximum absolute atomic E-state index is 14.0. The smallest absolute Gasteiger partial charge is 0.260 e. The number of nitrogens with one attached hydrogen (secondary N) is 2. The van der Waals surface area contributed by atoms with Crippen LogP contribution >= 0.6 is 11.6 Å². The molecule has 0 aliphatic carbocycles. The molecule has 1 aliphatic rings. The van der Waals surface area contributed by atoms with Gasteiger partial charge in [-0.25, -0.2) is 17.8 Å². The van der Waals surface area contributed by atoms with E-state index >= 15 is 0 Å². The van der Waals surface area contributed by atoms with Gasteiger partial charge in [0, 0.05) is 24.7 Å². The zero-order valence-corrected chi connectivity index (χ0v) is 20.1. The average molecular weight is 513 g/mol. The number of benzene rings is 3. The third-order valence-corrected chi connectivity index (χ3v) is 8.42. The molecule has 0 saturated carbocycles. The molecular formula is C25H22ClFN4O3S. The minimum Gasteiger partial charge on any atom is -0.342 e. The maximum Gasteiger partial charge on any atom is 0.260 e. The number of sulfonamides is 1. The third-order valence-electron chi connectivity index (χ3n) is 6.19. The van der Waals surface area contributed by atoms with Gasteiger partial charge < -0.3 is 10.3 Å². The monoisotopic (exact) mass is 512 g/mol. The van der Waals surface area contributed by atoms with Crippen LogP contribution in [0, 0.1) is 5.82 Å². The second-order valence-corrected chi connectivity index (χ2v) is 10.7. The van der Waals surface area contributed by atoms with Gasteiger partial charge in [0.25, 0.3) is 5.91 Å². The number of amides is 1. The minimum atomic E-state index is -3.69. The Kier molecular flexibility index (Phi) is 6.31. The van der Waals surface area contributed by atoms with Crippen LogP contribution in [-0.2, 0) is 10.0 Å². The number of imidazole rings is 1. The number of nitrogens with zero attached hydrogens (tertiary/aromatic N) is 2. The number of hydrogen-bond acceptors (Lipinski definition) is 4. The lowest BCUT2D eigenvalue weighted by Gasteiger charge is -2.30. The molecule has 3 aromatic carbocycles. The van der Waals surface area contributed by atoms with Crippen molar-refractivity contribution in [2.75, 3.05) is 18.4 Å². The van der Waals surface area contributed by atoms with Gasteiger partial charge in [-0.05, 0) is 61.4 Å². The molecule has 7 nitrogen and oxygen atoms in total. The Morgan fingerprint density at radius 3 is 2.43 bits per heavy atom. The molecule has 0 atom stereocenters. The molecule has 5 rings (SSSR count). The Labute approximate surface area is 207 Å². The van der Waals surface area contributed by atoms with E-state index in [1.165, 1.54) is 40.7 Å². The first kappa shape index (κ1) is 23.5. The van der Waals surface area contributed by atoms with E-state index in [-0.39, 0.29) is 21.4 Å². The van der Waals surface area contributed by atoms with Crippen LogP contribution in [0.2, 0.25) is 5.02 Å². The number of carbonyl (C=O) groups excluding carboxylic acids is 1. The molecule has 10 heteroatoms. The lowest BCUT2D eigenvalue weighted by atomic mass is 9.97. The second-order valence-electron chi connectivity index (χ2n) is 8.39. The fourth-order valence-corrected chi connectivity index (χ4v) is 6.02. The molecule has 1 aliphatic heterocycles. The van der Waals surface area contributed by atoms with E-state index in [1.54, 1.807) is 0 Å². The molecule has 2 heterocycles. The van der Waals surface area contributed by atoms with Crippen molar-refractivity contribution in [2.45, 2.75) is 23.7 Å². The zero-order chi connectivity index (χ0) is 24.6. The van der Waals surface area contributed by atoms with Gasteiger partial charge in [-0.2, -0.15) is 4.31 Å². The number of aromatic amines is 1. The molecular weight excluding hydrogens is 491 g/mol. The van der Waals surface area contributed by atoms with E-state index < -0.39 is 21.7 Å². The normalized spacial score (nSPS) is 15.4. The lowest BCUT2D eigenvalue weighted by Crippen LogP contribution is -2.38. The number of carbonyl (C=O) groups is 1. The summed E-state index contributed by atoms with van der Waals surface area (Å²) in [7, 11) is -3.69. The van der Waals surface area contributed by atoms with E-state index in [2.05, 4.69) is 15.3 Å². The van der Waals surface area contributed by atoms with Gasteiger partial charge in [0.2, 0.25) is 10.0 Å². The Morgan fingerprint density at radius 1 is 1.03 bits per heavy atom. The van der Waals surface area contributed by atoms with Crippen molar-refractivity contribution in [1.29, 1.82) is 0 Å². The predicted octanol–water partition coefficient (Wildman–Crippen LogP) is 5.18. The quantitative estimate of drug-likeness (QED) is 0.385. The van der Waals surface area contributed by atoms with Crippen LogP contribution in [0.1, 0.15) is 34.9 Å². The number of para-hydroxylation sites is 2. The van der Waals surface area contributed by atoms with E-state index in [1.807, 2.05) is 24.3 Å². The standard InChI is InChI=1S/C25H22ClFN4O3S/c26-19-4-3-5-20(27)23(19)25(32)28-17-8-10-18(11-9-17)35(33,34)31-14-12-16(13-15-31)24-29-21-6-1-2-7-22(21)30-24/h1-11,16H,12-15H2,(H,28,32)(H,29,30). The summed E-state index contributed by atoms with van der Waals surface area (Å²) in [5, 5.41) is 2.54. The van der Waals surface area contributed by atoms with Crippen LogP contribution in [0.5, 0.6) is 0 Å². The Balaban J connectivity index is 1.25. The third kappa shape index (κ3) is 4.67. The summed E-state index contributed by atoms with van der Waals surface area (Å²) < 4.78 is 41.8. The van der Waals surface area contributed by atoms with Crippen molar-refractivity contribution in [1.82, 2.24) is 14.3 Å². The van der Waals surface area contributed by atoms with Crippen molar-refractivity contribution in [3.05, 3.63) is 89.0 Å². The highest BCUT2D eigenvalue weighted by Crippen LogP contribution is 2.31. The van der Waals surface area contributed by atoms with Gasteiger partial charge in [-0.1, -0.05) is 29.8 Å². The fourth-order valence-electron chi connectivity index (χ4n) is 4.30. The van der Waals surface area contributed by atoms with Crippen molar-refractivity contribution in [3.8, 4) is 0 Å².